The van der Waals surface area contributed by atoms with Crippen molar-refractivity contribution in [3.63, 3.8) is 0 Å². The van der Waals surface area contributed by atoms with Crippen molar-refractivity contribution in [2.45, 2.75) is 67.8 Å². The molecule has 2 saturated heterocycles. The molecule has 2 bridgehead atoms. The van der Waals surface area contributed by atoms with Crippen LogP contribution in [0.5, 0.6) is 0 Å². The van der Waals surface area contributed by atoms with E-state index in [2.05, 4.69) is 4.72 Å². The summed E-state index contributed by atoms with van der Waals surface area (Å²) in [6.07, 6.45) is 4.24. The van der Waals surface area contributed by atoms with Crippen LogP contribution in [0.1, 0.15) is 49.1 Å². The topological polar surface area (TPSA) is 99.8 Å². The van der Waals surface area contributed by atoms with Gasteiger partial charge < -0.3 is 14.4 Å². The third kappa shape index (κ3) is 2.79. The van der Waals surface area contributed by atoms with Crippen molar-refractivity contribution in [1.82, 2.24) is 9.62 Å². The molecule has 7 nitrogen and oxygen atoms in total. The minimum atomic E-state index is -3.69. The van der Waals surface area contributed by atoms with E-state index in [1.807, 2.05) is 0 Å². The molecule has 126 valence electrons. The van der Waals surface area contributed by atoms with Crippen LogP contribution >= 0.6 is 0 Å². The molecule has 1 aliphatic carbocycles. The minimum absolute atomic E-state index is 0.0105. The third-order valence-electron chi connectivity index (χ3n) is 4.90. The van der Waals surface area contributed by atoms with Crippen LogP contribution in [0.3, 0.4) is 0 Å². The van der Waals surface area contributed by atoms with Gasteiger partial charge >= 0.3 is 0 Å². The zero-order valence-electron chi connectivity index (χ0n) is 12.6. The Morgan fingerprint density at radius 3 is 2.43 bits per heavy atom. The molecule has 3 atom stereocenters. The van der Waals surface area contributed by atoms with Gasteiger partial charge in [-0.05, 0) is 50.7 Å². The number of sulfonamides is 1. The molecule has 1 saturated carbocycles. The second-order valence-electron chi connectivity index (χ2n) is 6.74. The number of hydrogen-bond acceptors (Lipinski definition) is 5. The standard InChI is InChI=1S/C15H20N2O5S/c18-12-7-10-3-4-11(8-12)17(10)15(19)13-5-6-14(22-13)23(20,21)16-9-1-2-9/h5-6,9-12,16,18H,1-4,7-8H2/t10-,11+,12?. The zero-order chi connectivity index (χ0) is 16.2. The second kappa shape index (κ2) is 5.32. The Labute approximate surface area is 134 Å². The normalized spacial score (nSPS) is 30.7. The first-order valence-electron chi connectivity index (χ1n) is 8.07. The van der Waals surface area contributed by atoms with Crippen molar-refractivity contribution < 1.29 is 22.7 Å². The van der Waals surface area contributed by atoms with E-state index in [1.54, 1.807) is 4.90 Å². The SMILES string of the molecule is O=C(c1ccc(S(=O)(=O)NC2CC2)o1)N1[C@@H]2CC[C@H]1CC(O)C2. The first-order valence-corrected chi connectivity index (χ1v) is 9.55. The van der Waals surface area contributed by atoms with Crippen LogP contribution in [0.15, 0.2) is 21.6 Å². The Kier molecular flexibility index (Phi) is 3.51. The Morgan fingerprint density at radius 2 is 1.83 bits per heavy atom. The number of carbonyl (C=O) groups is 1. The van der Waals surface area contributed by atoms with Gasteiger partial charge in [0.15, 0.2) is 5.76 Å². The summed E-state index contributed by atoms with van der Waals surface area (Å²) < 4.78 is 32.1. The fraction of sp³-hybridized carbons (Fsp3) is 0.667. The average Bonchev–Trinajstić information content (AvgIpc) is 3.05. The number of nitrogens with zero attached hydrogens (tertiary/aromatic N) is 1. The van der Waals surface area contributed by atoms with E-state index in [0.29, 0.717) is 12.8 Å². The largest absolute Gasteiger partial charge is 0.438 e. The van der Waals surface area contributed by atoms with Gasteiger partial charge in [0.05, 0.1) is 6.10 Å². The summed E-state index contributed by atoms with van der Waals surface area (Å²) in [5.74, 6) is -0.230. The number of nitrogens with one attached hydrogen (secondary N) is 1. The summed E-state index contributed by atoms with van der Waals surface area (Å²) in [5, 5.41) is 9.60. The second-order valence-corrected chi connectivity index (χ2v) is 8.38. The first-order chi connectivity index (χ1) is 10.9. The van der Waals surface area contributed by atoms with Crippen molar-refractivity contribution >= 4 is 15.9 Å². The molecule has 3 aliphatic rings. The number of rotatable bonds is 4. The molecule has 1 aromatic rings. The van der Waals surface area contributed by atoms with Gasteiger partial charge in [-0.2, -0.15) is 0 Å². The fourth-order valence-corrected chi connectivity index (χ4v) is 4.90. The lowest BCUT2D eigenvalue weighted by Crippen LogP contribution is -2.47. The van der Waals surface area contributed by atoms with Crippen molar-refractivity contribution in [2.75, 3.05) is 0 Å². The van der Waals surface area contributed by atoms with Gasteiger partial charge in [-0.25, -0.2) is 13.1 Å². The molecule has 4 rings (SSSR count). The van der Waals surface area contributed by atoms with Gasteiger partial charge in [0.2, 0.25) is 5.09 Å². The van der Waals surface area contributed by atoms with E-state index in [9.17, 15) is 18.3 Å². The predicted molar refractivity (Wildman–Crippen MR) is 80.3 cm³/mol. The van der Waals surface area contributed by atoms with Crippen LogP contribution in [0.4, 0.5) is 0 Å². The van der Waals surface area contributed by atoms with E-state index >= 15 is 0 Å². The minimum Gasteiger partial charge on any atom is -0.438 e. The van der Waals surface area contributed by atoms with Crippen molar-refractivity contribution in [3.8, 4) is 0 Å². The molecule has 1 unspecified atom stereocenters. The molecular weight excluding hydrogens is 320 g/mol. The molecule has 2 N–H and O–H groups in total. The van der Waals surface area contributed by atoms with E-state index in [4.69, 9.17) is 4.42 Å². The zero-order valence-corrected chi connectivity index (χ0v) is 13.5. The van der Waals surface area contributed by atoms with Gasteiger partial charge in [0, 0.05) is 18.1 Å². The number of furan rings is 1. The number of amides is 1. The maximum absolute atomic E-state index is 12.7. The highest BCUT2D eigenvalue weighted by Gasteiger charge is 2.44. The maximum Gasteiger partial charge on any atom is 0.290 e. The predicted octanol–water partition coefficient (Wildman–Crippen LogP) is 0.848. The van der Waals surface area contributed by atoms with Crippen molar-refractivity contribution in [3.05, 3.63) is 17.9 Å². The van der Waals surface area contributed by atoms with Crippen LogP contribution < -0.4 is 4.72 Å². The summed E-state index contributed by atoms with van der Waals surface area (Å²) in [4.78, 5) is 14.4. The molecule has 0 spiro atoms. The van der Waals surface area contributed by atoms with Gasteiger partial charge in [0.25, 0.3) is 15.9 Å². The molecule has 0 aromatic carbocycles. The summed E-state index contributed by atoms with van der Waals surface area (Å²) in [6.45, 7) is 0. The third-order valence-corrected chi connectivity index (χ3v) is 6.29. The summed E-state index contributed by atoms with van der Waals surface area (Å²) in [7, 11) is -3.69. The Morgan fingerprint density at radius 1 is 1.17 bits per heavy atom. The summed E-state index contributed by atoms with van der Waals surface area (Å²) >= 11 is 0. The first kappa shape index (κ1) is 15.2. The van der Waals surface area contributed by atoms with Crippen LogP contribution in [-0.2, 0) is 10.0 Å². The van der Waals surface area contributed by atoms with E-state index in [1.165, 1.54) is 12.1 Å². The van der Waals surface area contributed by atoms with E-state index in [-0.39, 0.29) is 41.0 Å². The molecular formula is C15H20N2O5S. The summed E-state index contributed by atoms with van der Waals surface area (Å²) in [6, 6.07) is 2.79. The molecule has 1 aromatic heterocycles. The van der Waals surface area contributed by atoms with Crippen LogP contribution in [0, 0.1) is 0 Å². The van der Waals surface area contributed by atoms with Gasteiger partial charge in [-0.1, -0.05) is 0 Å². The highest BCUT2D eigenvalue weighted by Crippen LogP contribution is 2.37. The van der Waals surface area contributed by atoms with Crippen LogP contribution in [0.2, 0.25) is 0 Å². The van der Waals surface area contributed by atoms with Gasteiger partial charge in [-0.3, -0.25) is 4.79 Å². The Hall–Kier alpha value is -1.38. The smallest absolute Gasteiger partial charge is 0.290 e. The highest BCUT2D eigenvalue weighted by molar-refractivity contribution is 7.89. The average molecular weight is 340 g/mol. The monoisotopic (exact) mass is 340 g/mol. The number of fused-ring (bicyclic) bond motifs is 2. The molecule has 2 aliphatic heterocycles. The van der Waals surface area contributed by atoms with E-state index < -0.39 is 10.0 Å². The lowest BCUT2D eigenvalue weighted by molar-refractivity contribution is 0.0261. The number of carbonyl (C=O) groups excluding carboxylic acids is 1. The summed E-state index contributed by atoms with van der Waals surface area (Å²) in [5.41, 5.74) is 0. The number of piperidine rings is 1. The van der Waals surface area contributed by atoms with Gasteiger partial charge in [0.1, 0.15) is 0 Å². The van der Waals surface area contributed by atoms with Crippen molar-refractivity contribution in [1.29, 1.82) is 0 Å². The fourth-order valence-electron chi connectivity index (χ4n) is 3.67. The van der Waals surface area contributed by atoms with Crippen LogP contribution in [0.25, 0.3) is 0 Å². The molecule has 1 amide bonds. The maximum atomic E-state index is 12.7. The highest BCUT2D eigenvalue weighted by atomic mass is 32.2. The Balaban J connectivity index is 1.54. The van der Waals surface area contributed by atoms with Crippen molar-refractivity contribution in [2.24, 2.45) is 0 Å². The van der Waals surface area contributed by atoms with Gasteiger partial charge in [-0.15, -0.1) is 0 Å². The number of aliphatic hydroxyl groups excluding tert-OH is 1. The lowest BCUT2D eigenvalue weighted by atomic mass is 9.99. The molecule has 3 fully saturated rings. The lowest BCUT2D eigenvalue weighted by Gasteiger charge is -2.36. The van der Waals surface area contributed by atoms with E-state index in [0.717, 1.165) is 25.7 Å². The Bertz CT molecular complexity index is 710. The van der Waals surface area contributed by atoms with Crippen LogP contribution in [-0.4, -0.2) is 48.6 Å². The number of hydrogen-bond donors (Lipinski definition) is 2. The molecule has 0 radical (unpaired) electrons. The molecule has 23 heavy (non-hydrogen) atoms. The molecule has 8 heteroatoms. The quantitative estimate of drug-likeness (QED) is 0.846. The number of aliphatic hydroxyl groups is 1. The molecule has 3 heterocycles.